The zero-order valence-corrected chi connectivity index (χ0v) is 10.2. The molecule has 1 atom stereocenters. The highest BCUT2D eigenvalue weighted by molar-refractivity contribution is 6.04. The van der Waals surface area contributed by atoms with Gasteiger partial charge in [-0.3, -0.25) is 9.59 Å². The number of nitrogens with one attached hydrogen (secondary N) is 1. The fraction of sp³-hybridized carbons (Fsp3) is 0.727. The van der Waals surface area contributed by atoms with Crippen LogP contribution >= 0.6 is 0 Å². The summed E-state index contributed by atoms with van der Waals surface area (Å²) in [6.45, 7) is 5.23. The van der Waals surface area contributed by atoms with Crippen LogP contribution in [0.1, 0.15) is 33.6 Å². The van der Waals surface area contributed by atoms with Crippen LogP contribution in [0.15, 0.2) is 0 Å². The Morgan fingerprint density at radius 3 is 2.19 bits per heavy atom. The fourth-order valence-corrected chi connectivity index (χ4v) is 1.10. The maximum atomic E-state index is 11.4. The molecule has 0 aromatic heterocycles. The average Bonchev–Trinajstić information content (AvgIpc) is 2.21. The maximum absolute atomic E-state index is 11.4. The van der Waals surface area contributed by atoms with Crippen molar-refractivity contribution in [1.82, 2.24) is 5.32 Å². The second kappa shape index (κ2) is 6.98. The summed E-state index contributed by atoms with van der Waals surface area (Å²) in [5.41, 5.74) is 0. The summed E-state index contributed by atoms with van der Waals surface area (Å²) < 4.78 is 4.43. The number of carbonyl (C=O) groups excluding carboxylic acids is 3. The quantitative estimate of drug-likeness (QED) is 0.536. The van der Waals surface area contributed by atoms with Crippen LogP contribution in [0.25, 0.3) is 0 Å². The van der Waals surface area contributed by atoms with Crippen LogP contribution in [-0.4, -0.2) is 30.8 Å². The summed E-state index contributed by atoms with van der Waals surface area (Å²) in [6.07, 6.45) is 1.02. The molecule has 0 aromatic rings. The van der Waals surface area contributed by atoms with Crippen molar-refractivity contribution in [2.24, 2.45) is 5.92 Å². The SMILES string of the molecule is COC(=O)C(NC(=O)CCC(C)C)C(C)=O. The van der Waals surface area contributed by atoms with Crippen LogP contribution in [0.2, 0.25) is 0 Å². The summed E-state index contributed by atoms with van der Waals surface area (Å²) in [7, 11) is 1.18. The van der Waals surface area contributed by atoms with E-state index in [1.165, 1.54) is 14.0 Å². The summed E-state index contributed by atoms with van der Waals surface area (Å²) in [4.78, 5) is 33.7. The van der Waals surface area contributed by atoms with Crippen LogP contribution in [0.3, 0.4) is 0 Å². The van der Waals surface area contributed by atoms with Crippen LogP contribution in [0, 0.1) is 5.92 Å². The van der Waals surface area contributed by atoms with E-state index in [4.69, 9.17) is 0 Å². The molecule has 0 saturated heterocycles. The molecule has 1 unspecified atom stereocenters. The highest BCUT2D eigenvalue weighted by atomic mass is 16.5. The number of amides is 1. The molecule has 92 valence electrons. The van der Waals surface area contributed by atoms with Crippen molar-refractivity contribution < 1.29 is 19.1 Å². The lowest BCUT2D eigenvalue weighted by atomic mass is 10.1. The number of ketones is 1. The Morgan fingerprint density at radius 1 is 1.25 bits per heavy atom. The van der Waals surface area contributed by atoms with Crippen LogP contribution in [0.4, 0.5) is 0 Å². The molecule has 0 fully saturated rings. The average molecular weight is 229 g/mol. The van der Waals surface area contributed by atoms with Gasteiger partial charge in [-0.25, -0.2) is 4.79 Å². The molecular weight excluding hydrogens is 210 g/mol. The second-order valence-corrected chi connectivity index (χ2v) is 4.07. The first-order valence-electron chi connectivity index (χ1n) is 5.26. The maximum Gasteiger partial charge on any atom is 0.336 e. The van der Waals surface area contributed by atoms with Crippen LogP contribution in [-0.2, 0) is 19.1 Å². The fourth-order valence-electron chi connectivity index (χ4n) is 1.10. The van der Waals surface area contributed by atoms with E-state index in [1.54, 1.807) is 0 Å². The molecule has 0 aliphatic rings. The molecule has 5 heteroatoms. The van der Waals surface area contributed by atoms with E-state index >= 15 is 0 Å². The van der Waals surface area contributed by atoms with Gasteiger partial charge in [-0.2, -0.15) is 0 Å². The van der Waals surface area contributed by atoms with Crippen molar-refractivity contribution in [3.63, 3.8) is 0 Å². The second-order valence-electron chi connectivity index (χ2n) is 4.07. The number of esters is 1. The third-order valence-corrected chi connectivity index (χ3v) is 2.10. The van der Waals surface area contributed by atoms with Gasteiger partial charge in [0.15, 0.2) is 11.8 Å². The molecule has 1 N–H and O–H groups in total. The topological polar surface area (TPSA) is 72.5 Å². The third-order valence-electron chi connectivity index (χ3n) is 2.10. The van der Waals surface area contributed by atoms with Gasteiger partial charge in [0.05, 0.1) is 7.11 Å². The zero-order chi connectivity index (χ0) is 12.7. The van der Waals surface area contributed by atoms with Crippen molar-refractivity contribution in [3.05, 3.63) is 0 Å². The minimum Gasteiger partial charge on any atom is -0.467 e. The number of Topliss-reactive ketones (excluding diaryl/α,β-unsaturated/α-hetero) is 1. The molecule has 0 bridgehead atoms. The zero-order valence-electron chi connectivity index (χ0n) is 10.2. The number of carbonyl (C=O) groups is 3. The lowest BCUT2D eigenvalue weighted by Gasteiger charge is -2.13. The van der Waals surface area contributed by atoms with E-state index < -0.39 is 17.8 Å². The number of ether oxygens (including phenoxy) is 1. The first kappa shape index (κ1) is 14.6. The Bertz CT molecular complexity index is 273. The van der Waals surface area contributed by atoms with Gasteiger partial charge in [-0.05, 0) is 19.3 Å². The third kappa shape index (κ3) is 5.48. The molecule has 0 rings (SSSR count). The normalized spacial score (nSPS) is 12.1. The Morgan fingerprint density at radius 2 is 1.81 bits per heavy atom. The van der Waals surface area contributed by atoms with E-state index in [9.17, 15) is 14.4 Å². The molecule has 0 aliphatic heterocycles. The van der Waals surface area contributed by atoms with Crippen LogP contribution in [0.5, 0.6) is 0 Å². The summed E-state index contributed by atoms with van der Waals surface area (Å²) in [5, 5.41) is 2.36. The van der Waals surface area contributed by atoms with Gasteiger partial charge in [-0.1, -0.05) is 13.8 Å². The summed E-state index contributed by atoms with van der Waals surface area (Å²) in [6, 6.07) is -1.18. The molecule has 0 spiro atoms. The number of hydrogen-bond donors (Lipinski definition) is 1. The lowest BCUT2D eigenvalue weighted by Crippen LogP contribution is -2.46. The predicted octanol–water partition coefficient (Wildman–Crippen LogP) is 0.669. The molecule has 0 heterocycles. The van der Waals surface area contributed by atoms with Gasteiger partial charge in [0, 0.05) is 6.42 Å². The molecule has 16 heavy (non-hydrogen) atoms. The van der Waals surface area contributed by atoms with E-state index in [0.29, 0.717) is 12.3 Å². The van der Waals surface area contributed by atoms with Gasteiger partial charge in [0.1, 0.15) is 0 Å². The standard InChI is InChI=1S/C11H19NO4/c1-7(2)5-6-9(14)12-10(8(3)13)11(15)16-4/h7,10H,5-6H2,1-4H3,(H,12,14). The Balaban J connectivity index is 4.25. The number of rotatable bonds is 6. The molecular formula is C11H19NO4. The summed E-state index contributed by atoms with van der Waals surface area (Å²) in [5.74, 6) is -1.06. The van der Waals surface area contributed by atoms with E-state index in [-0.39, 0.29) is 5.91 Å². The van der Waals surface area contributed by atoms with Crippen molar-refractivity contribution in [2.75, 3.05) is 7.11 Å². The largest absolute Gasteiger partial charge is 0.467 e. The number of methoxy groups -OCH3 is 1. The van der Waals surface area contributed by atoms with Gasteiger partial charge in [0.25, 0.3) is 0 Å². The van der Waals surface area contributed by atoms with Crippen molar-refractivity contribution in [1.29, 1.82) is 0 Å². The van der Waals surface area contributed by atoms with Crippen molar-refractivity contribution >= 4 is 17.7 Å². The minimum atomic E-state index is -1.18. The van der Waals surface area contributed by atoms with Gasteiger partial charge < -0.3 is 10.1 Å². The molecule has 0 radical (unpaired) electrons. The first-order chi connectivity index (χ1) is 7.38. The molecule has 0 aliphatic carbocycles. The van der Waals surface area contributed by atoms with Gasteiger partial charge >= 0.3 is 5.97 Å². The van der Waals surface area contributed by atoms with Crippen molar-refractivity contribution in [2.45, 2.75) is 39.7 Å². The van der Waals surface area contributed by atoms with Crippen molar-refractivity contribution in [3.8, 4) is 0 Å². The first-order valence-corrected chi connectivity index (χ1v) is 5.26. The summed E-state index contributed by atoms with van der Waals surface area (Å²) >= 11 is 0. The highest BCUT2D eigenvalue weighted by Gasteiger charge is 2.25. The molecule has 0 aromatic carbocycles. The smallest absolute Gasteiger partial charge is 0.336 e. The van der Waals surface area contributed by atoms with Gasteiger partial charge in [0.2, 0.25) is 5.91 Å². The number of hydrogen-bond acceptors (Lipinski definition) is 4. The Labute approximate surface area is 95.5 Å². The van der Waals surface area contributed by atoms with Crippen LogP contribution < -0.4 is 5.32 Å². The lowest BCUT2D eigenvalue weighted by molar-refractivity contribution is -0.148. The minimum absolute atomic E-state index is 0.304. The molecule has 0 saturated carbocycles. The Kier molecular flexibility index (Phi) is 6.37. The Hall–Kier alpha value is -1.39. The van der Waals surface area contributed by atoms with E-state index in [2.05, 4.69) is 10.1 Å². The highest BCUT2D eigenvalue weighted by Crippen LogP contribution is 2.03. The molecule has 5 nitrogen and oxygen atoms in total. The van der Waals surface area contributed by atoms with Gasteiger partial charge in [-0.15, -0.1) is 0 Å². The molecule has 1 amide bonds. The van der Waals surface area contributed by atoms with E-state index in [1.807, 2.05) is 13.8 Å². The van der Waals surface area contributed by atoms with E-state index in [0.717, 1.165) is 6.42 Å². The monoisotopic (exact) mass is 229 g/mol. The predicted molar refractivity (Wildman–Crippen MR) is 58.7 cm³/mol.